The van der Waals surface area contributed by atoms with Gasteiger partial charge in [-0.1, -0.05) is 12.1 Å². The predicted molar refractivity (Wildman–Crippen MR) is 88.2 cm³/mol. The third-order valence-corrected chi connectivity index (χ3v) is 4.43. The number of hydrogen-bond acceptors (Lipinski definition) is 3. The molecule has 1 aliphatic rings. The minimum atomic E-state index is 0.0770. The molecule has 2 aromatic heterocycles. The summed E-state index contributed by atoms with van der Waals surface area (Å²) < 4.78 is 0. The van der Waals surface area contributed by atoms with Gasteiger partial charge < -0.3 is 9.88 Å². The second kappa shape index (κ2) is 5.83. The number of fused-ring (bicyclic) bond motifs is 1. The fourth-order valence-electron chi connectivity index (χ4n) is 3.23. The molecule has 3 aromatic rings. The first-order valence-electron chi connectivity index (χ1n) is 7.95. The SMILES string of the molecule is O=C(c1ccncc1)N1CCCC(c2nc3ccccc3[nH]2)C1. The van der Waals surface area contributed by atoms with Crippen LogP contribution >= 0.6 is 0 Å². The number of H-pyrrole nitrogens is 1. The predicted octanol–water partition coefficient (Wildman–Crippen LogP) is 2.98. The molecule has 0 radical (unpaired) electrons. The minimum Gasteiger partial charge on any atom is -0.342 e. The van der Waals surface area contributed by atoms with Crippen LogP contribution in [0.3, 0.4) is 0 Å². The molecule has 23 heavy (non-hydrogen) atoms. The summed E-state index contributed by atoms with van der Waals surface area (Å²) in [4.78, 5) is 26.6. The third kappa shape index (κ3) is 2.70. The summed E-state index contributed by atoms with van der Waals surface area (Å²) >= 11 is 0. The van der Waals surface area contributed by atoms with Crippen LogP contribution in [0.2, 0.25) is 0 Å². The van der Waals surface area contributed by atoms with Crippen LogP contribution in [0.25, 0.3) is 11.0 Å². The van der Waals surface area contributed by atoms with Crippen LogP contribution in [0.1, 0.15) is 34.9 Å². The number of piperidine rings is 1. The second-order valence-corrected chi connectivity index (χ2v) is 5.97. The van der Waals surface area contributed by atoms with Gasteiger partial charge in [0.25, 0.3) is 5.91 Å². The Morgan fingerprint density at radius 3 is 2.83 bits per heavy atom. The number of nitrogens with one attached hydrogen (secondary N) is 1. The van der Waals surface area contributed by atoms with Crippen molar-refractivity contribution in [3.8, 4) is 0 Å². The van der Waals surface area contributed by atoms with E-state index in [1.165, 1.54) is 0 Å². The van der Waals surface area contributed by atoms with Crippen LogP contribution in [0.4, 0.5) is 0 Å². The molecule has 1 N–H and O–H groups in total. The van der Waals surface area contributed by atoms with Gasteiger partial charge in [-0.3, -0.25) is 9.78 Å². The van der Waals surface area contributed by atoms with Crippen molar-refractivity contribution in [3.63, 3.8) is 0 Å². The lowest BCUT2D eigenvalue weighted by Crippen LogP contribution is -2.39. The Kier molecular flexibility index (Phi) is 3.54. The number of rotatable bonds is 2. The average molecular weight is 306 g/mol. The monoisotopic (exact) mass is 306 g/mol. The van der Waals surface area contributed by atoms with Gasteiger partial charge in [-0.05, 0) is 37.1 Å². The first-order valence-corrected chi connectivity index (χ1v) is 7.95. The first kappa shape index (κ1) is 13.9. The van der Waals surface area contributed by atoms with Crippen molar-refractivity contribution >= 4 is 16.9 Å². The molecular formula is C18H18N4O. The minimum absolute atomic E-state index is 0.0770. The fourth-order valence-corrected chi connectivity index (χ4v) is 3.23. The molecule has 1 fully saturated rings. The van der Waals surface area contributed by atoms with E-state index in [0.29, 0.717) is 12.1 Å². The van der Waals surface area contributed by atoms with Gasteiger partial charge in [-0.15, -0.1) is 0 Å². The van der Waals surface area contributed by atoms with Crippen molar-refractivity contribution in [2.45, 2.75) is 18.8 Å². The van der Waals surface area contributed by atoms with Crippen molar-refractivity contribution in [3.05, 3.63) is 60.2 Å². The highest BCUT2D eigenvalue weighted by atomic mass is 16.2. The number of aromatic nitrogens is 3. The van der Waals surface area contributed by atoms with Crippen molar-refractivity contribution in [1.29, 1.82) is 0 Å². The Balaban J connectivity index is 1.56. The number of carbonyl (C=O) groups is 1. The molecule has 1 aromatic carbocycles. The molecular weight excluding hydrogens is 288 g/mol. The number of hydrogen-bond donors (Lipinski definition) is 1. The van der Waals surface area contributed by atoms with E-state index in [1.54, 1.807) is 24.5 Å². The maximum Gasteiger partial charge on any atom is 0.253 e. The quantitative estimate of drug-likeness (QED) is 0.791. The Hall–Kier alpha value is -2.69. The number of pyridine rings is 1. The fraction of sp³-hybridized carbons (Fsp3) is 0.278. The maximum absolute atomic E-state index is 12.6. The molecule has 4 rings (SSSR count). The van der Waals surface area contributed by atoms with Gasteiger partial charge >= 0.3 is 0 Å². The molecule has 5 nitrogen and oxygen atoms in total. The lowest BCUT2D eigenvalue weighted by atomic mass is 9.97. The standard InChI is InChI=1S/C18H18N4O/c23-18(13-7-9-19-10-8-13)22-11-3-4-14(12-22)17-20-15-5-1-2-6-16(15)21-17/h1-2,5-10,14H,3-4,11-12H2,(H,20,21). The number of amides is 1. The number of imidazole rings is 1. The number of likely N-dealkylation sites (tertiary alicyclic amines) is 1. The van der Waals surface area contributed by atoms with Gasteiger partial charge in [0.1, 0.15) is 5.82 Å². The zero-order valence-corrected chi connectivity index (χ0v) is 12.8. The van der Waals surface area contributed by atoms with Crippen molar-refractivity contribution in [1.82, 2.24) is 19.9 Å². The van der Waals surface area contributed by atoms with Crippen LogP contribution in [0.15, 0.2) is 48.8 Å². The van der Waals surface area contributed by atoms with Crippen LogP contribution in [0.5, 0.6) is 0 Å². The smallest absolute Gasteiger partial charge is 0.253 e. The van der Waals surface area contributed by atoms with E-state index in [4.69, 9.17) is 4.98 Å². The zero-order chi connectivity index (χ0) is 15.6. The van der Waals surface area contributed by atoms with Crippen LogP contribution in [0, 0.1) is 0 Å². The molecule has 1 atom stereocenters. The normalized spacial score (nSPS) is 18.3. The molecule has 0 bridgehead atoms. The van der Waals surface area contributed by atoms with Crippen molar-refractivity contribution in [2.24, 2.45) is 0 Å². The average Bonchev–Trinajstić information content (AvgIpc) is 3.06. The Bertz CT molecular complexity index is 794. The molecule has 0 saturated carbocycles. The van der Waals surface area contributed by atoms with Gasteiger partial charge in [-0.25, -0.2) is 4.98 Å². The van der Waals surface area contributed by atoms with Gasteiger partial charge in [0.2, 0.25) is 0 Å². The summed E-state index contributed by atoms with van der Waals surface area (Å²) in [5.74, 6) is 1.33. The third-order valence-electron chi connectivity index (χ3n) is 4.43. The molecule has 1 saturated heterocycles. The summed E-state index contributed by atoms with van der Waals surface area (Å²) in [5.41, 5.74) is 2.74. The van der Waals surface area contributed by atoms with E-state index in [9.17, 15) is 4.79 Å². The highest BCUT2D eigenvalue weighted by molar-refractivity contribution is 5.94. The number of para-hydroxylation sites is 2. The van der Waals surface area contributed by atoms with E-state index in [1.807, 2.05) is 29.2 Å². The van der Waals surface area contributed by atoms with E-state index in [2.05, 4.69) is 9.97 Å². The number of carbonyl (C=O) groups excluding carboxylic acids is 1. The second-order valence-electron chi connectivity index (χ2n) is 5.97. The highest BCUT2D eigenvalue weighted by Gasteiger charge is 2.27. The molecule has 3 heterocycles. The number of benzene rings is 1. The van der Waals surface area contributed by atoms with Gasteiger partial charge in [-0.2, -0.15) is 0 Å². The summed E-state index contributed by atoms with van der Waals surface area (Å²) in [5, 5.41) is 0. The maximum atomic E-state index is 12.6. The Morgan fingerprint density at radius 1 is 1.17 bits per heavy atom. The lowest BCUT2D eigenvalue weighted by Gasteiger charge is -2.31. The molecule has 0 spiro atoms. The molecule has 5 heteroatoms. The van der Waals surface area contributed by atoms with Crippen LogP contribution < -0.4 is 0 Å². The summed E-state index contributed by atoms with van der Waals surface area (Å²) in [6.07, 6.45) is 5.38. The van der Waals surface area contributed by atoms with Crippen LogP contribution in [-0.2, 0) is 0 Å². The van der Waals surface area contributed by atoms with E-state index in [-0.39, 0.29) is 11.8 Å². The van der Waals surface area contributed by atoms with E-state index >= 15 is 0 Å². The van der Waals surface area contributed by atoms with E-state index in [0.717, 1.165) is 36.2 Å². The van der Waals surface area contributed by atoms with Crippen molar-refractivity contribution < 1.29 is 4.79 Å². The largest absolute Gasteiger partial charge is 0.342 e. The van der Waals surface area contributed by atoms with Crippen molar-refractivity contribution in [2.75, 3.05) is 13.1 Å². The molecule has 0 aliphatic carbocycles. The van der Waals surface area contributed by atoms with Gasteiger partial charge in [0.05, 0.1) is 11.0 Å². The molecule has 1 amide bonds. The first-order chi connectivity index (χ1) is 11.3. The summed E-state index contributed by atoms with van der Waals surface area (Å²) in [7, 11) is 0. The van der Waals surface area contributed by atoms with E-state index < -0.39 is 0 Å². The zero-order valence-electron chi connectivity index (χ0n) is 12.8. The Morgan fingerprint density at radius 2 is 2.00 bits per heavy atom. The highest BCUT2D eigenvalue weighted by Crippen LogP contribution is 2.27. The van der Waals surface area contributed by atoms with Crippen LogP contribution in [-0.4, -0.2) is 38.8 Å². The Labute approximate surface area is 134 Å². The topological polar surface area (TPSA) is 61.9 Å². The molecule has 1 unspecified atom stereocenters. The number of aromatic amines is 1. The molecule has 1 aliphatic heterocycles. The summed E-state index contributed by atoms with van der Waals surface area (Å²) in [6, 6.07) is 11.6. The molecule has 116 valence electrons. The number of nitrogens with zero attached hydrogens (tertiary/aromatic N) is 3. The summed E-state index contributed by atoms with van der Waals surface area (Å²) in [6.45, 7) is 1.51. The van der Waals surface area contributed by atoms with Gasteiger partial charge in [0, 0.05) is 37.0 Å². The lowest BCUT2D eigenvalue weighted by molar-refractivity contribution is 0.0705. The van der Waals surface area contributed by atoms with Gasteiger partial charge in [0.15, 0.2) is 0 Å².